The van der Waals surface area contributed by atoms with Crippen molar-refractivity contribution in [3.8, 4) is 5.75 Å². The van der Waals surface area contributed by atoms with Crippen molar-refractivity contribution in [3.05, 3.63) is 29.3 Å². The Morgan fingerprint density at radius 1 is 0.971 bits per heavy atom. The van der Waals surface area contributed by atoms with Crippen LogP contribution in [0, 0.1) is 18.3 Å². The summed E-state index contributed by atoms with van der Waals surface area (Å²) in [4.78, 5) is 2.50. The average Bonchev–Trinajstić information content (AvgIpc) is 2.80. The van der Waals surface area contributed by atoms with E-state index in [1.165, 1.54) is 11.1 Å². The molecule has 1 aliphatic rings. The van der Waals surface area contributed by atoms with E-state index in [-0.39, 0.29) is 22.2 Å². The largest absolute Gasteiger partial charge is 0.478 e. The van der Waals surface area contributed by atoms with Crippen LogP contribution in [-0.4, -0.2) is 41.6 Å². The lowest BCUT2D eigenvalue weighted by molar-refractivity contribution is -0.157. The molecule has 0 N–H and O–H groups in total. The van der Waals surface area contributed by atoms with E-state index >= 15 is 0 Å². The van der Waals surface area contributed by atoms with Gasteiger partial charge in [0.25, 0.3) is 0 Å². The first-order chi connectivity index (χ1) is 15.7. The van der Waals surface area contributed by atoms with Gasteiger partial charge in [-0.15, -0.1) is 0 Å². The molecule has 1 aromatic carbocycles. The number of nitrogens with zero attached hydrogens (tertiary/aromatic N) is 1. The van der Waals surface area contributed by atoms with Crippen molar-refractivity contribution < 1.29 is 14.2 Å². The summed E-state index contributed by atoms with van der Waals surface area (Å²) >= 11 is 0. The quantitative estimate of drug-likeness (QED) is 0.309. The highest BCUT2D eigenvalue weighted by Crippen LogP contribution is 2.44. The number of benzene rings is 1. The van der Waals surface area contributed by atoms with E-state index in [0.717, 1.165) is 51.2 Å². The van der Waals surface area contributed by atoms with Crippen molar-refractivity contribution in [1.29, 1.82) is 0 Å². The summed E-state index contributed by atoms with van der Waals surface area (Å²) in [6.45, 7) is 27.9. The van der Waals surface area contributed by atoms with Crippen molar-refractivity contribution in [2.75, 3.05) is 19.9 Å². The van der Waals surface area contributed by atoms with E-state index in [0.29, 0.717) is 12.6 Å². The van der Waals surface area contributed by atoms with Crippen LogP contribution in [-0.2, 0) is 16.0 Å². The third-order valence-electron chi connectivity index (χ3n) is 9.03. The number of hydrogen-bond donors (Lipinski definition) is 0. The summed E-state index contributed by atoms with van der Waals surface area (Å²) in [5.41, 5.74) is 2.31. The summed E-state index contributed by atoms with van der Waals surface area (Å²) in [6.07, 6.45) is 4.11. The third kappa shape index (κ3) is 6.56. The predicted octanol–water partition coefficient (Wildman–Crippen LogP) is 7.76. The molecule has 0 aromatic heterocycles. The van der Waals surface area contributed by atoms with Crippen LogP contribution in [0.1, 0.15) is 106 Å². The Bertz CT molecular complexity index is 788. The number of hydrogen-bond acceptors (Lipinski definition) is 4. The second-order valence-corrected chi connectivity index (χ2v) is 12.2. The van der Waals surface area contributed by atoms with E-state index < -0.39 is 0 Å². The van der Waals surface area contributed by atoms with Gasteiger partial charge in [0.1, 0.15) is 12.5 Å². The molecule has 0 saturated heterocycles. The minimum absolute atomic E-state index is 0.00590. The minimum atomic E-state index is -0.200. The van der Waals surface area contributed by atoms with Gasteiger partial charge in [0.05, 0.1) is 17.8 Å². The normalized spacial score (nSPS) is 21.0. The Morgan fingerprint density at radius 3 is 2.21 bits per heavy atom. The molecule has 196 valence electrons. The van der Waals surface area contributed by atoms with Crippen molar-refractivity contribution in [3.63, 3.8) is 0 Å². The van der Waals surface area contributed by atoms with Crippen molar-refractivity contribution in [2.45, 2.75) is 125 Å². The molecule has 4 nitrogen and oxygen atoms in total. The molecule has 0 aliphatic carbocycles. The summed E-state index contributed by atoms with van der Waals surface area (Å²) in [5.74, 6) is 1.39. The van der Waals surface area contributed by atoms with Gasteiger partial charge in [-0.25, -0.2) is 0 Å². The van der Waals surface area contributed by atoms with Gasteiger partial charge in [0, 0.05) is 24.3 Å². The highest BCUT2D eigenvalue weighted by atomic mass is 16.5. The zero-order chi connectivity index (χ0) is 25.8. The van der Waals surface area contributed by atoms with Gasteiger partial charge in [0.2, 0.25) is 0 Å². The van der Waals surface area contributed by atoms with Crippen molar-refractivity contribution in [2.24, 2.45) is 11.3 Å². The molecule has 0 spiro atoms. The minimum Gasteiger partial charge on any atom is -0.478 e. The summed E-state index contributed by atoms with van der Waals surface area (Å²) in [5, 5.41) is 0. The standard InChI is InChI=1S/C30H53NO3/c1-12-28(9,17-18-33-27(6,7)8)30(11,14-3)34-21-24(5)29(10,13-2)31-20-25-19-23(4)15-16-26(25)32-22-31/h15-16,19,24H,12-14,17-18,20-22H2,1-11H3. The highest BCUT2D eigenvalue weighted by Gasteiger charge is 2.45. The molecule has 2 rings (SSSR count). The van der Waals surface area contributed by atoms with Gasteiger partial charge in [0.15, 0.2) is 0 Å². The van der Waals surface area contributed by atoms with Gasteiger partial charge < -0.3 is 14.2 Å². The topological polar surface area (TPSA) is 30.9 Å². The number of aryl methyl sites for hydroxylation is 1. The molecule has 1 aliphatic heterocycles. The molecular formula is C30H53NO3. The van der Waals surface area contributed by atoms with Crippen LogP contribution in [0.25, 0.3) is 0 Å². The van der Waals surface area contributed by atoms with Crippen LogP contribution in [0.2, 0.25) is 0 Å². The van der Waals surface area contributed by atoms with E-state index in [2.05, 4.69) is 99.3 Å². The fraction of sp³-hybridized carbons (Fsp3) is 0.800. The van der Waals surface area contributed by atoms with E-state index in [1.807, 2.05) is 0 Å². The molecule has 34 heavy (non-hydrogen) atoms. The first-order valence-corrected chi connectivity index (χ1v) is 13.5. The average molecular weight is 476 g/mol. The lowest BCUT2D eigenvalue weighted by Crippen LogP contribution is -2.55. The fourth-order valence-electron chi connectivity index (χ4n) is 5.17. The monoisotopic (exact) mass is 475 g/mol. The van der Waals surface area contributed by atoms with Gasteiger partial charge >= 0.3 is 0 Å². The molecule has 1 heterocycles. The zero-order valence-corrected chi connectivity index (χ0v) is 24.1. The first-order valence-electron chi connectivity index (χ1n) is 13.5. The Labute approximate surface area is 210 Å². The van der Waals surface area contributed by atoms with Gasteiger partial charge in [-0.05, 0) is 84.6 Å². The lowest BCUT2D eigenvalue weighted by Gasteiger charge is -2.50. The van der Waals surface area contributed by atoms with Crippen molar-refractivity contribution in [1.82, 2.24) is 4.90 Å². The first kappa shape index (κ1) is 29.1. The fourth-order valence-corrected chi connectivity index (χ4v) is 5.17. The Kier molecular flexibility index (Phi) is 9.69. The third-order valence-corrected chi connectivity index (χ3v) is 9.03. The molecule has 0 saturated carbocycles. The van der Waals surface area contributed by atoms with E-state index in [4.69, 9.17) is 14.2 Å². The molecule has 4 atom stereocenters. The molecule has 1 aromatic rings. The molecule has 4 unspecified atom stereocenters. The van der Waals surface area contributed by atoms with Crippen LogP contribution in [0.4, 0.5) is 0 Å². The molecular weight excluding hydrogens is 422 g/mol. The lowest BCUT2D eigenvalue weighted by atomic mass is 9.68. The van der Waals surface area contributed by atoms with Crippen LogP contribution in [0.5, 0.6) is 5.75 Å². The maximum atomic E-state index is 6.88. The maximum Gasteiger partial charge on any atom is 0.142 e. The van der Waals surface area contributed by atoms with Gasteiger partial charge in [-0.2, -0.15) is 0 Å². The Morgan fingerprint density at radius 2 is 1.65 bits per heavy atom. The van der Waals surface area contributed by atoms with Crippen LogP contribution < -0.4 is 4.74 Å². The van der Waals surface area contributed by atoms with E-state index in [1.54, 1.807) is 0 Å². The van der Waals surface area contributed by atoms with E-state index in [9.17, 15) is 0 Å². The number of rotatable bonds is 12. The second kappa shape index (κ2) is 11.3. The van der Waals surface area contributed by atoms with Gasteiger partial charge in [-0.1, -0.05) is 52.3 Å². The Hall–Kier alpha value is -1.10. The molecule has 0 bridgehead atoms. The summed E-state index contributed by atoms with van der Waals surface area (Å²) < 4.78 is 19.2. The molecule has 0 fully saturated rings. The van der Waals surface area contributed by atoms with Crippen LogP contribution >= 0.6 is 0 Å². The number of ether oxygens (including phenoxy) is 3. The van der Waals surface area contributed by atoms with Crippen molar-refractivity contribution >= 4 is 0 Å². The molecule has 0 amide bonds. The highest BCUT2D eigenvalue weighted by molar-refractivity contribution is 5.38. The zero-order valence-electron chi connectivity index (χ0n) is 24.1. The van der Waals surface area contributed by atoms with Crippen LogP contribution in [0.15, 0.2) is 18.2 Å². The number of fused-ring (bicyclic) bond motifs is 1. The van der Waals surface area contributed by atoms with Crippen LogP contribution in [0.3, 0.4) is 0 Å². The Balaban J connectivity index is 2.12. The predicted molar refractivity (Wildman–Crippen MR) is 143 cm³/mol. The summed E-state index contributed by atoms with van der Waals surface area (Å²) in [7, 11) is 0. The summed E-state index contributed by atoms with van der Waals surface area (Å²) in [6, 6.07) is 6.51. The SMILES string of the molecule is CCC(C)(C(C)COC(C)(CC)C(C)(CC)CCOC(C)(C)C)N1COc2ccc(C)cc2C1. The smallest absolute Gasteiger partial charge is 0.142 e. The van der Waals surface area contributed by atoms with Gasteiger partial charge in [-0.3, -0.25) is 4.90 Å². The molecule has 0 radical (unpaired) electrons. The molecule has 4 heteroatoms. The maximum absolute atomic E-state index is 6.88. The second-order valence-electron chi connectivity index (χ2n) is 12.2.